The fourth-order valence-corrected chi connectivity index (χ4v) is 5.65. The lowest BCUT2D eigenvalue weighted by atomic mass is 9.71. The number of carboxylic acids is 1. The molecule has 2 fully saturated rings. The number of carbonyl (C=O) groups excluding carboxylic acids is 2. The first-order valence-corrected chi connectivity index (χ1v) is 13.4. The molecule has 0 bridgehead atoms. The first kappa shape index (κ1) is 29.3. The molecular weight excluding hydrogens is 527 g/mol. The zero-order valence-electron chi connectivity index (χ0n) is 22.7. The Hall–Kier alpha value is -3.70. The molecule has 12 heteroatoms. The van der Waals surface area contributed by atoms with Crippen molar-refractivity contribution >= 4 is 23.7 Å². The van der Waals surface area contributed by atoms with Crippen molar-refractivity contribution in [3.05, 3.63) is 52.8 Å². The summed E-state index contributed by atoms with van der Waals surface area (Å²) in [5.41, 5.74) is 3.55. The summed E-state index contributed by atoms with van der Waals surface area (Å²) in [7, 11) is 1.86. The Morgan fingerprint density at radius 1 is 1.05 bits per heavy atom. The molecule has 0 radical (unpaired) electrons. The molecule has 0 unspecified atom stereocenters. The highest BCUT2D eigenvalue weighted by Gasteiger charge is 2.46. The monoisotopic (exact) mass is 561 g/mol. The maximum Gasteiger partial charge on any atom is 0.490 e. The number of carbonyl (C=O) groups is 3. The SMILES string of the molecule is Cc1ccccc1CC(=O)N1CCC2(CC1)CN(C)C(=O)c1cnc(N3CCCCC3)nc12.O=C(O)C(F)(F)F. The minimum Gasteiger partial charge on any atom is -0.475 e. The molecular formula is C28H34F3N5O4. The van der Waals surface area contributed by atoms with E-state index < -0.39 is 12.1 Å². The van der Waals surface area contributed by atoms with E-state index in [9.17, 15) is 22.8 Å². The predicted molar refractivity (Wildman–Crippen MR) is 141 cm³/mol. The summed E-state index contributed by atoms with van der Waals surface area (Å²) in [5, 5.41) is 7.12. The van der Waals surface area contributed by atoms with Crippen molar-refractivity contribution in [2.45, 2.75) is 57.0 Å². The highest BCUT2D eigenvalue weighted by Crippen LogP contribution is 2.41. The van der Waals surface area contributed by atoms with Gasteiger partial charge in [-0.15, -0.1) is 0 Å². The Balaban J connectivity index is 0.000000470. The average molecular weight is 562 g/mol. The number of aryl methyl sites for hydroxylation is 1. The summed E-state index contributed by atoms with van der Waals surface area (Å²) in [4.78, 5) is 50.5. The number of halogens is 3. The lowest BCUT2D eigenvalue weighted by Crippen LogP contribution is -2.55. The summed E-state index contributed by atoms with van der Waals surface area (Å²) in [6.45, 7) is 6.03. The van der Waals surface area contributed by atoms with Gasteiger partial charge in [-0.05, 0) is 50.2 Å². The van der Waals surface area contributed by atoms with E-state index in [1.54, 1.807) is 11.1 Å². The van der Waals surface area contributed by atoms with Crippen LogP contribution in [0.3, 0.4) is 0 Å². The molecule has 2 saturated heterocycles. The van der Waals surface area contributed by atoms with Gasteiger partial charge in [-0.25, -0.2) is 14.8 Å². The minimum atomic E-state index is -5.08. The highest BCUT2D eigenvalue weighted by atomic mass is 19.4. The molecule has 5 rings (SSSR count). The molecule has 2 aromatic rings. The third-order valence-electron chi connectivity index (χ3n) is 7.95. The van der Waals surface area contributed by atoms with Crippen LogP contribution in [0, 0.1) is 6.92 Å². The number of aliphatic carboxylic acids is 1. The number of anilines is 1. The van der Waals surface area contributed by atoms with Crippen LogP contribution < -0.4 is 4.90 Å². The minimum absolute atomic E-state index is 0.00104. The zero-order valence-corrected chi connectivity index (χ0v) is 22.7. The lowest BCUT2D eigenvalue weighted by molar-refractivity contribution is -0.192. The molecule has 4 heterocycles. The van der Waals surface area contributed by atoms with Crippen molar-refractivity contribution in [1.82, 2.24) is 19.8 Å². The Morgan fingerprint density at radius 2 is 1.68 bits per heavy atom. The number of fused-ring (bicyclic) bond motifs is 2. The lowest BCUT2D eigenvalue weighted by Gasteiger charge is -2.46. The standard InChI is InChI=1S/C26H33N5O2.C2HF3O2/c1-19-8-4-5-9-20(19)16-22(32)30-14-10-26(11-15-30)18-29(2)24(33)21-17-27-25(28-23(21)26)31-12-6-3-7-13-31;3-2(4,5)1(6)7/h4-5,8-9,17H,3,6-7,10-16,18H2,1-2H3;(H,6,7). The van der Waals surface area contributed by atoms with E-state index in [1.165, 1.54) is 6.42 Å². The van der Waals surface area contributed by atoms with E-state index in [-0.39, 0.29) is 17.2 Å². The van der Waals surface area contributed by atoms with Crippen molar-refractivity contribution in [2.75, 3.05) is 44.7 Å². The van der Waals surface area contributed by atoms with Crippen molar-refractivity contribution in [1.29, 1.82) is 0 Å². The number of piperidine rings is 2. The molecule has 0 aliphatic carbocycles. The number of benzene rings is 1. The first-order valence-electron chi connectivity index (χ1n) is 13.4. The maximum absolute atomic E-state index is 13.0. The van der Waals surface area contributed by atoms with Crippen LogP contribution in [0.4, 0.5) is 19.1 Å². The Labute approximate surface area is 231 Å². The van der Waals surface area contributed by atoms with E-state index in [2.05, 4.69) is 22.9 Å². The smallest absolute Gasteiger partial charge is 0.475 e. The van der Waals surface area contributed by atoms with Gasteiger partial charge in [0.15, 0.2) is 0 Å². The van der Waals surface area contributed by atoms with Gasteiger partial charge in [0.05, 0.1) is 17.7 Å². The van der Waals surface area contributed by atoms with Crippen molar-refractivity contribution < 1.29 is 32.7 Å². The molecule has 9 nitrogen and oxygen atoms in total. The number of hydrogen-bond acceptors (Lipinski definition) is 6. The molecule has 1 spiro atoms. The van der Waals surface area contributed by atoms with Crippen molar-refractivity contribution in [2.24, 2.45) is 0 Å². The Morgan fingerprint density at radius 3 is 2.27 bits per heavy atom. The number of nitrogens with zero attached hydrogens (tertiary/aromatic N) is 5. The van der Waals surface area contributed by atoms with Crippen LogP contribution in [-0.2, 0) is 21.4 Å². The molecule has 3 aliphatic rings. The van der Waals surface area contributed by atoms with Gasteiger partial charge in [-0.3, -0.25) is 9.59 Å². The number of amides is 2. The number of aromatic nitrogens is 2. The normalized spacial score (nSPS) is 18.6. The van der Waals surface area contributed by atoms with Gasteiger partial charge in [0, 0.05) is 51.4 Å². The Kier molecular flexibility index (Phi) is 8.65. The Bertz CT molecular complexity index is 1250. The first-order chi connectivity index (χ1) is 18.9. The second kappa shape index (κ2) is 11.8. The van der Waals surface area contributed by atoms with Crippen LogP contribution in [0.1, 0.15) is 59.3 Å². The fraction of sp³-hybridized carbons (Fsp3) is 0.536. The van der Waals surface area contributed by atoms with Gasteiger partial charge in [-0.2, -0.15) is 13.2 Å². The third-order valence-corrected chi connectivity index (χ3v) is 7.95. The molecule has 1 aromatic heterocycles. The van der Waals surface area contributed by atoms with E-state index in [0.29, 0.717) is 31.6 Å². The van der Waals surface area contributed by atoms with Gasteiger partial charge in [-0.1, -0.05) is 24.3 Å². The number of alkyl halides is 3. The molecule has 216 valence electrons. The van der Waals surface area contributed by atoms with E-state index in [0.717, 1.165) is 61.5 Å². The van der Waals surface area contributed by atoms with Crippen LogP contribution in [0.5, 0.6) is 0 Å². The van der Waals surface area contributed by atoms with Crippen LogP contribution in [0.25, 0.3) is 0 Å². The number of hydrogen-bond donors (Lipinski definition) is 1. The number of rotatable bonds is 3. The van der Waals surface area contributed by atoms with Crippen LogP contribution in [0.15, 0.2) is 30.5 Å². The predicted octanol–water partition coefficient (Wildman–Crippen LogP) is 3.60. The summed E-state index contributed by atoms with van der Waals surface area (Å²) < 4.78 is 31.7. The molecule has 40 heavy (non-hydrogen) atoms. The third kappa shape index (κ3) is 6.37. The molecule has 1 aromatic carbocycles. The molecule has 1 N–H and O–H groups in total. The molecule has 0 atom stereocenters. The van der Waals surface area contributed by atoms with Crippen molar-refractivity contribution in [3.63, 3.8) is 0 Å². The maximum atomic E-state index is 13.0. The summed E-state index contributed by atoms with van der Waals surface area (Å²) >= 11 is 0. The fourth-order valence-electron chi connectivity index (χ4n) is 5.65. The second-order valence-corrected chi connectivity index (χ2v) is 10.7. The van der Waals surface area contributed by atoms with Crippen LogP contribution >= 0.6 is 0 Å². The molecule has 2 amide bonds. The van der Waals surface area contributed by atoms with E-state index >= 15 is 0 Å². The topological polar surface area (TPSA) is 107 Å². The summed E-state index contributed by atoms with van der Waals surface area (Å²) in [6, 6.07) is 8.09. The van der Waals surface area contributed by atoms with Crippen molar-refractivity contribution in [3.8, 4) is 0 Å². The van der Waals surface area contributed by atoms with E-state index in [4.69, 9.17) is 14.9 Å². The van der Waals surface area contributed by atoms with Crippen LogP contribution in [0.2, 0.25) is 0 Å². The number of likely N-dealkylation sites (tertiary alicyclic amines) is 1. The average Bonchev–Trinajstić information content (AvgIpc) is 2.93. The molecule has 0 saturated carbocycles. The summed E-state index contributed by atoms with van der Waals surface area (Å²) in [6.07, 6.45) is 2.29. The number of likely N-dealkylation sites (N-methyl/N-ethyl adjacent to an activating group) is 1. The van der Waals surface area contributed by atoms with Crippen LogP contribution in [-0.4, -0.2) is 88.6 Å². The largest absolute Gasteiger partial charge is 0.490 e. The van der Waals surface area contributed by atoms with Gasteiger partial charge in [0.2, 0.25) is 11.9 Å². The van der Waals surface area contributed by atoms with Gasteiger partial charge >= 0.3 is 12.1 Å². The molecule has 3 aliphatic heterocycles. The van der Waals surface area contributed by atoms with E-state index in [1.807, 2.05) is 30.1 Å². The van der Waals surface area contributed by atoms with Gasteiger partial charge in [0.1, 0.15) is 0 Å². The number of carboxylic acid groups (broad SMARTS) is 1. The second-order valence-electron chi connectivity index (χ2n) is 10.7. The highest BCUT2D eigenvalue weighted by molar-refractivity contribution is 5.96. The zero-order chi connectivity index (χ0) is 29.1. The summed E-state index contributed by atoms with van der Waals surface area (Å²) in [5.74, 6) is -1.83. The van der Waals surface area contributed by atoms with Gasteiger partial charge in [0.25, 0.3) is 5.91 Å². The quantitative estimate of drug-likeness (QED) is 0.610. The van der Waals surface area contributed by atoms with Gasteiger partial charge < -0.3 is 19.8 Å².